The fraction of sp³-hybridized carbons (Fsp3) is 0.269. The third kappa shape index (κ3) is 4.83. The number of halogens is 1. The molecule has 182 valence electrons. The number of carbonyl (C=O) groups excluding carboxylic acids is 1. The molecule has 35 heavy (non-hydrogen) atoms. The first-order valence-corrected chi connectivity index (χ1v) is 12.7. The molecule has 4 rings (SSSR count). The Kier molecular flexibility index (Phi) is 7.57. The molecule has 3 aromatic rings. The normalized spacial score (nSPS) is 15.5. The first-order valence-electron chi connectivity index (χ1n) is 11.1. The number of methoxy groups -OCH3 is 1. The Morgan fingerprint density at radius 1 is 1.17 bits per heavy atom. The average Bonchev–Trinajstić information content (AvgIpc) is 3.15. The summed E-state index contributed by atoms with van der Waals surface area (Å²) in [7, 11) is 1.58. The second kappa shape index (κ2) is 10.6. The highest BCUT2D eigenvalue weighted by molar-refractivity contribution is 9.10. The van der Waals surface area contributed by atoms with Crippen LogP contribution in [0.25, 0.3) is 6.08 Å². The molecule has 1 aliphatic rings. The Hall–Kier alpha value is -3.17. The van der Waals surface area contributed by atoms with Crippen LogP contribution in [0, 0.1) is 0 Å². The summed E-state index contributed by atoms with van der Waals surface area (Å²) in [5, 5.41) is 0. The van der Waals surface area contributed by atoms with Crippen molar-refractivity contribution < 1.29 is 19.0 Å². The lowest BCUT2D eigenvalue weighted by Crippen LogP contribution is -2.39. The van der Waals surface area contributed by atoms with Gasteiger partial charge in [-0.1, -0.05) is 57.6 Å². The van der Waals surface area contributed by atoms with Crippen LogP contribution in [0.4, 0.5) is 0 Å². The Morgan fingerprint density at radius 2 is 1.91 bits per heavy atom. The largest absolute Gasteiger partial charge is 0.493 e. The van der Waals surface area contributed by atoms with Crippen LogP contribution in [0.3, 0.4) is 0 Å². The van der Waals surface area contributed by atoms with Crippen LogP contribution in [-0.2, 0) is 9.53 Å². The molecule has 0 saturated carbocycles. The third-order valence-electron chi connectivity index (χ3n) is 5.50. The lowest BCUT2D eigenvalue weighted by Gasteiger charge is -2.24. The van der Waals surface area contributed by atoms with E-state index in [4.69, 9.17) is 14.2 Å². The Morgan fingerprint density at radius 3 is 2.57 bits per heavy atom. The highest BCUT2D eigenvalue weighted by Gasteiger charge is 2.33. The quantitative estimate of drug-likeness (QED) is 0.411. The molecule has 1 aliphatic heterocycles. The summed E-state index contributed by atoms with van der Waals surface area (Å²) in [6.45, 7) is 6.13. The van der Waals surface area contributed by atoms with Gasteiger partial charge in [-0.3, -0.25) is 9.36 Å². The molecule has 0 fully saturated rings. The number of fused-ring (bicyclic) bond motifs is 1. The minimum Gasteiger partial charge on any atom is -0.493 e. The van der Waals surface area contributed by atoms with Crippen LogP contribution in [0.15, 0.2) is 68.0 Å². The molecule has 0 N–H and O–H groups in total. The molecule has 2 heterocycles. The Labute approximate surface area is 215 Å². The molecule has 0 amide bonds. The van der Waals surface area contributed by atoms with E-state index >= 15 is 0 Å². The van der Waals surface area contributed by atoms with E-state index in [2.05, 4.69) is 20.9 Å². The minimum atomic E-state index is -0.632. The number of esters is 1. The van der Waals surface area contributed by atoms with E-state index in [1.165, 1.54) is 11.3 Å². The molecular formula is C26H25BrN2O5S. The molecule has 0 saturated heterocycles. The number of allylic oxidation sites excluding steroid dienone is 1. The van der Waals surface area contributed by atoms with Gasteiger partial charge in [0.15, 0.2) is 16.3 Å². The molecule has 0 bridgehead atoms. The summed E-state index contributed by atoms with van der Waals surface area (Å²) in [5.41, 5.74) is 2.23. The molecular weight excluding hydrogens is 532 g/mol. The van der Waals surface area contributed by atoms with Crippen molar-refractivity contribution in [2.75, 3.05) is 20.3 Å². The number of rotatable bonds is 7. The van der Waals surface area contributed by atoms with Gasteiger partial charge < -0.3 is 14.2 Å². The average molecular weight is 557 g/mol. The summed E-state index contributed by atoms with van der Waals surface area (Å²) in [5.74, 6) is 0.701. The van der Waals surface area contributed by atoms with Gasteiger partial charge in [0.05, 0.1) is 42.2 Å². The summed E-state index contributed by atoms with van der Waals surface area (Å²) < 4.78 is 19.2. The van der Waals surface area contributed by atoms with Gasteiger partial charge >= 0.3 is 5.97 Å². The number of hydrogen-bond acceptors (Lipinski definition) is 7. The highest BCUT2D eigenvalue weighted by atomic mass is 79.9. The van der Waals surface area contributed by atoms with Crippen molar-refractivity contribution >= 4 is 39.3 Å². The molecule has 9 heteroatoms. The van der Waals surface area contributed by atoms with E-state index in [-0.39, 0.29) is 12.2 Å². The van der Waals surface area contributed by atoms with E-state index in [0.29, 0.717) is 38.7 Å². The molecule has 2 aromatic carbocycles. The molecule has 0 aliphatic carbocycles. The van der Waals surface area contributed by atoms with Crippen LogP contribution < -0.4 is 24.4 Å². The maximum absolute atomic E-state index is 13.7. The van der Waals surface area contributed by atoms with Crippen molar-refractivity contribution in [2.24, 2.45) is 4.99 Å². The SMILES string of the molecule is CCOC(=O)C1=C(C)N=c2s/c(=C/c3cc(OCC)c(OC)cc3Br)c(=O)n2[C@@H]1c1ccccc1. The number of nitrogens with zero attached hydrogens (tertiary/aromatic N) is 2. The van der Waals surface area contributed by atoms with E-state index in [0.717, 1.165) is 15.6 Å². The van der Waals surface area contributed by atoms with E-state index in [1.54, 1.807) is 31.6 Å². The van der Waals surface area contributed by atoms with Gasteiger partial charge in [0.25, 0.3) is 5.56 Å². The zero-order valence-electron chi connectivity index (χ0n) is 19.8. The van der Waals surface area contributed by atoms with Crippen molar-refractivity contribution in [3.63, 3.8) is 0 Å². The molecule has 0 spiro atoms. The fourth-order valence-corrected chi connectivity index (χ4v) is 5.45. The number of ether oxygens (including phenoxy) is 3. The topological polar surface area (TPSA) is 79.1 Å². The van der Waals surface area contributed by atoms with Crippen LogP contribution in [0.2, 0.25) is 0 Å². The van der Waals surface area contributed by atoms with Gasteiger partial charge in [-0.2, -0.15) is 0 Å². The van der Waals surface area contributed by atoms with Gasteiger partial charge in [-0.15, -0.1) is 0 Å². The van der Waals surface area contributed by atoms with Crippen molar-refractivity contribution in [3.8, 4) is 11.5 Å². The zero-order valence-corrected chi connectivity index (χ0v) is 22.2. The summed E-state index contributed by atoms with van der Waals surface area (Å²) >= 11 is 4.84. The van der Waals surface area contributed by atoms with Gasteiger partial charge in [0.2, 0.25) is 0 Å². The molecule has 0 unspecified atom stereocenters. The second-order valence-corrected chi connectivity index (χ2v) is 9.53. The van der Waals surface area contributed by atoms with Gasteiger partial charge in [-0.05, 0) is 50.1 Å². The predicted octanol–water partition coefficient (Wildman–Crippen LogP) is 3.97. The van der Waals surface area contributed by atoms with Gasteiger partial charge in [0, 0.05) is 4.47 Å². The van der Waals surface area contributed by atoms with Crippen LogP contribution in [0.5, 0.6) is 11.5 Å². The molecule has 1 atom stereocenters. The second-order valence-electron chi connectivity index (χ2n) is 7.67. The number of thiazole rings is 1. The Balaban J connectivity index is 1.93. The summed E-state index contributed by atoms with van der Waals surface area (Å²) in [6.07, 6.45) is 1.79. The van der Waals surface area contributed by atoms with Crippen molar-refractivity contribution in [2.45, 2.75) is 26.8 Å². The highest BCUT2D eigenvalue weighted by Crippen LogP contribution is 2.34. The predicted molar refractivity (Wildman–Crippen MR) is 139 cm³/mol. The third-order valence-corrected chi connectivity index (χ3v) is 7.17. The number of benzene rings is 2. The van der Waals surface area contributed by atoms with Gasteiger partial charge in [-0.25, -0.2) is 9.79 Å². The monoisotopic (exact) mass is 556 g/mol. The van der Waals surface area contributed by atoms with Crippen LogP contribution in [-0.4, -0.2) is 30.9 Å². The first-order chi connectivity index (χ1) is 16.9. The maximum Gasteiger partial charge on any atom is 0.338 e. The minimum absolute atomic E-state index is 0.231. The van der Waals surface area contributed by atoms with E-state index < -0.39 is 12.0 Å². The summed E-state index contributed by atoms with van der Waals surface area (Å²) in [4.78, 5) is 31.8. The van der Waals surface area contributed by atoms with E-state index in [1.807, 2.05) is 49.4 Å². The first kappa shape index (κ1) is 24.9. The van der Waals surface area contributed by atoms with Crippen molar-refractivity contribution in [1.82, 2.24) is 4.57 Å². The zero-order chi connectivity index (χ0) is 25.1. The van der Waals surface area contributed by atoms with E-state index in [9.17, 15) is 9.59 Å². The van der Waals surface area contributed by atoms with Crippen LogP contribution in [0.1, 0.15) is 37.9 Å². The smallest absolute Gasteiger partial charge is 0.338 e. The lowest BCUT2D eigenvalue weighted by atomic mass is 9.96. The van der Waals surface area contributed by atoms with Crippen molar-refractivity contribution in [1.29, 1.82) is 0 Å². The van der Waals surface area contributed by atoms with Crippen LogP contribution >= 0.6 is 27.3 Å². The standard InChI is InChI=1S/C26H25BrN2O5S/c1-5-33-20-12-17(18(27)14-19(20)32-4)13-21-24(30)29-23(16-10-8-7-9-11-16)22(25(31)34-6-2)15(3)28-26(29)35-21/h7-14,23H,5-6H2,1-4H3/b21-13+/t23-/m1/s1. The Bertz CT molecular complexity index is 1470. The number of hydrogen-bond donors (Lipinski definition) is 0. The number of aromatic nitrogens is 1. The van der Waals surface area contributed by atoms with Gasteiger partial charge in [0.1, 0.15) is 0 Å². The molecule has 0 radical (unpaired) electrons. The lowest BCUT2D eigenvalue weighted by molar-refractivity contribution is -0.139. The molecule has 1 aromatic heterocycles. The maximum atomic E-state index is 13.7. The number of carbonyl (C=O) groups is 1. The summed E-state index contributed by atoms with van der Waals surface area (Å²) in [6, 6.07) is 12.5. The van der Waals surface area contributed by atoms with Crippen molar-refractivity contribution in [3.05, 3.63) is 89.0 Å². The fourth-order valence-electron chi connectivity index (χ4n) is 3.97. The molecule has 7 nitrogen and oxygen atoms in total.